The fourth-order valence-corrected chi connectivity index (χ4v) is 4.44. The molecule has 4 rings (SSSR count). The number of hydrogen-bond acceptors (Lipinski definition) is 7. The molecule has 0 radical (unpaired) electrons. The lowest BCUT2D eigenvalue weighted by Crippen LogP contribution is -2.45. The van der Waals surface area contributed by atoms with Crippen LogP contribution in [0, 0.1) is 17.2 Å². The number of likely N-dealkylation sites (tertiary alicyclic amines) is 2. The smallest absolute Gasteiger partial charge is 0.330 e. The Kier molecular flexibility index (Phi) is 7.60. The van der Waals surface area contributed by atoms with Crippen molar-refractivity contribution >= 4 is 40.2 Å². The van der Waals surface area contributed by atoms with Crippen molar-refractivity contribution in [2.45, 2.75) is 38.1 Å². The summed E-state index contributed by atoms with van der Waals surface area (Å²) in [4.78, 5) is 46.3. The van der Waals surface area contributed by atoms with Crippen LogP contribution >= 0.6 is 0 Å². The number of esters is 1. The normalized spacial score (nSPS) is 19.8. The number of aromatic nitrogens is 2. The molecule has 2 fully saturated rings. The minimum atomic E-state index is -1.34. The van der Waals surface area contributed by atoms with Gasteiger partial charge in [-0.05, 0) is 50.3 Å². The third-order valence-electron chi connectivity index (χ3n) is 6.39. The zero-order chi connectivity index (χ0) is 24.8. The van der Waals surface area contributed by atoms with Crippen molar-refractivity contribution in [2.24, 2.45) is 10.9 Å². The maximum Gasteiger partial charge on any atom is 0.330 e. The second-order valence-corrected chi connectivity index (χ2v) is 8.76. The van der Waals surface area contributed by atoms with Crippen molar-refractivity contribution < 1.29 is 19.1 Å². The molecule has 1 unspecified atom stereocenters. The van der Waals surface area contributed by atoms with Crippen LogP contribution in [0.4, 0.5) is 5.69 Å². The van der Waals surface area contributed by atoms with Crippen LogP contribution in [0.25, 0.3) is 10.9 Å². The van der Waals surface area contributed by atoms with Gasteiger partial charge in [0.1, 0.15) is 11.9 Å². The number of anilines is 1. The summed E-state index contributed by atoms with van der Waals surface area (Å²) in [5.41, 5.74) is 1.34. The van der Waals surface area contributed by atoms with Crippen molar-refractivity contribution in [1.29, 1.82) is 5.26 Å². The average Bonchev–Trinajstić information content (AvgIpc) is 3.54. The Hall–Kier alpha value is -3.94. The summed E-state index contributed by atoms with van der Waals surface area (Å²) in [6.45, 7) is 1.94. The maximum absolute atomic E-state index is 13.4. The average molecular weight is 480 g/mol. The molecule has 2 aliphatic rings. The van der Waals surface area contributed by atoms with Crippen LogP contribution in [0.3, 0.4) is 0 Å². The first-order valence-corrected chi connectivity index (χ1v) is 11.8. The standard InChI is InChI=1S/C24H29N7O4/c1-35-24(34)18(13-25)22(27-17-8-7-16-14-26-29-20(16)12-17)28-19-6-2-3-11-31(23(19)33)15-21(32)30-9-4-5-10-30/h7-8,12,14,18-19H,2-6,9-11,15H2,1H3,(H,26,29)(H,27,28)/t18?,19-/m0/s1. The molecule has 184 valence electrons. The molecule has 11 heteroatoms. The Balaban J connectivity index is 1.60. The van der Waals surface area contributed by atoms with Gasteiger partial charge in [-0.15, -0.1) is 0 Å². The topological polar surface area (TPSA) is 144 Å². The molecule has 0 saturated carbocycles. The number of amides is 2. The number of H-pyrrole nitrogens is 1. The fourth-order valence-electron chi connectivity index (χ4n) is 4.44. The van der Waals surface area contributed by atoms with Gasteiger partial charge in [-0.25, -0.2) is 0 Å². The summed E-state index contributed by atoms with van der Waals surface area (Å²) < 4.78 is 4.81. The molecule has 2 saturated heterocycles. The second-order valence-electron chi connectivity index (χ2n) is 8.76. The molecule has 0 spiro atoms. The zero-order valence-corrected chi connectivity index (χ0v) is 19.7. The molecule has 11 nitrogen and oxygen atoms in total. The van der Waals surface area contributed by atoms with Gasteiger partial charge in [-0.1, -0.05) is 0 Å². The minimum absolute atomic E-state index is 0.0167. The van der Waals surface area contributed by atoms with Gasteiger partial charge < -0.3 is 19.9 Å². The Morgan fingerprint density at radius 3 is 2.80 bits per heavy atom. The van der Waals surface area contributed by atoms with E-state index in [1.165, 1.54) is 7.11 Å². The highest BCUT2D eigenvalue weighted by Crippen LogP contribution is 2.21. The van der Waals surface area contributed by atoms with Gasteiger partial charge in [-0.3, -0.25) is 24.5 Å². The third kappa shape index (κ3) is 5.59. The fraction of sp³-hybridized carbons (Fsp3) is 0.500. The van der Waals surface area contributed by atoms with Gasteiger partial charge in [0.25, 0.3) is 0 Å². The summed E-state index contributed by atoms with van der Waals surface area (Å²) in [5.74, 6) is -2.42. The first kappa shape index (κ1) is 24.2. The Morgan fingerprint density at radius 2 is 2.06 bits per heavy atom. The summed E-state index contributed by atoms with van der Waals surface area (Å²) >= 11 is 0. The maximum atomic E-state index is 13.4. The number of nitrogens with one attached hydrogen (secondary N) is 2. The molecule has 3 heterocycles. The van der Waals surface area contributed by atoms with Crippen molar-refractivity contribution in [3.8, 4) is 6.07 Å². The largest absolute Gasteiger partial charge is 0.468 e. The van der Waals surface area contributed by atoms with Gasteiger partial charge in [0.2, 0.25) is 17.7 Å². The molecule has 1 aromatic carbocycles. The highest BCUT2D eigenvalue weighted by atomic mass is 16.5. The number of nitriles is 1. The van der Waals surface area contributed by atoms with E-state index in [-0.39, 0.29) is 24.2 Å². The van der Waals surface area contributed by atoms with Crippen LogP contribution in [-0.2, 0) is 19.1 Å². The van der Waals surface area contributed by atoms with Crippen LogP contribution in [0.2, 0.25) is 0 Å². The number of carbonyl (C=O) groups is 3. The van der Waals surface area contributed by atoms with Crippen LogP contribution in [0.1, 0.15) is 32.1 Å². The molecular formula is C24H29N7O4. The number of aliphatic imine (C=N–C) groups is 1. The van der Waals surface area contributed by atoms with Gasteiger partial charge in [-0.2, -0.15) is 10.4 Å². The zero-order valence-electron chi connectivity index (χ0n) is 19.7. The molecule has 0 aliphatic carbocycles. The first-order chi connectivity index (χ1) is 17.0. The van der Waals surface area contributed by atoms with Gasteiger partial charge in [0, 0.05) is 30.7 Å². The predicted octanol–water partition coefficient (Wildman–Crippen LogP) is 1.69. The highest BCUT2D eigenvalue weighted by molar-refractivity contribution is 6.11. The summed E-state index contributed by atoms with van der Waals surface area (Å²) in [7, 11) is 1.20. The van der Waals surface area contributed by atoms with Crippen LogP contribution < -0.4 is 5.32 Å². The molecule has 0 bridgehead atoms. The van der Waals surface area contributed by atoms with Crippen LogP contribution in [0.15, 0.2) is 29.4 Å². The van der Waals surface area contributed by atoms with E-state index in [1.54, 1.807) is 28.1 Å². The molecule has 2 atom stereocenters. The number of nitrogens with zero attached hydrogens (tertiary/aromatic N) is 5. The summed E-state index contributed by atoms with van der Waals surface area (Å²) in [6.07, 6.45) is 5.59. The van der Waals surface area contributed by atoms with E-state index in [0.29, 0.717) is 18.7 Å². The van der Waals surface area contributed by atoms with Gasteiger partial charge in [0.15, 0.2) is 0 Å². The predicted molar refractivity (Wildman–Crippen MR) is 128 cm³/mol. The van der Waals surface area contributed by atoms with Gasteiger partial charge >= 0.3 is 5.97 Å². The Labute approximate surface area is 203 Å². The number of aromatic amines is 1. The quantitative estimate of drug-likeness (QED) is 0.364. The molecule has 2 aromatic rings. The SMILES string of the molecule is COC(=O)C(C#N)C(=N[C@H]1CCCCN(CC(=O)N2CCCC2)C1=O)Nc1ccc2cn[nH]c2c1. The lowest BCUT2D eigenvalue weighted by molar-refractivity contribution is -0.141. The summed E-state index contributed by atoms with van der Waals surface area (Å²) in [6, 6.07) is 6.50. The number of amidine groups is 1. The molecule has 1 aromatic heterocycles. The lowest BCUT2D eigenvalue weighted by atomic mass is 10.1. The molecule has 2 N–H and O–H groups in total. The van der Waals surface area contributed by atoms with Crippen molar-refractivity contribution in [3.63, 3.8) is 0 Å². The van der Waals surface area contributed by atoms with E-state index in [4.69, 9.17) is 4.74 Å². The number of methoxy groups -OCH3 is 1. The molecule has 2 aliphatic heterocycles. The van der Waals surface area contributed by atoms with E-state index in [9.17, 15) is 19.6 Å². The minimum Gasteiger partial charge on any atom is -0.468 e. The monoisotopic (exact) mass is 479 g/mol. The molecule has 35 heavy (non-hydrogen) atoms. The number of rotatable bonds is 6. The van der Waals surface area contributed by atoms with Crippen LogP contribution in [0.5, 0.6) is 0 Å². The van der Waals surface area contributed by atoms with E-state index < -0.39 is 17.9 Å². The van der Waals surface area contributed by atoms with E-state index in [0.717, 1.165) is 49.7 Å². The Morgan fingerprint density at radius 1 is 1.29 bits per heavy atom. The molecular weight excluding hydrogens is 450 g/mol. The van der Waals surface area contributed by atoms with E-state index in [2.05, 4.69) is 20.5 Å². The number of hydrogen-bond donors (Lipinski definition) is 2. The van der Waals surface area contributed by atoms with E-state index in [1.807, 2.05) is 12.1 Å². The van der Waals surface area contributed by atoms with Crippen LogP contribution in [-0.4, -0.2) is 82.9 Å². The first-order valence-electron chi connectivity index (χ1n) is 11.8. The number of benzene rings is 1. The lowest BCUT2D eigenvalue weighted by Gasteiger charge is -2.25. The van der Waals surface area contributed by atoms with E-state index >= 15 is 0 Å². The van der Waals surface area contributed by atoms with Crippen molar-refractivity contribution in [1.82, 2.24) is 20.0 Å². The number of carbonyl (C=O) groups excluding carboxylic acids is 3. The second kappa shape index (κ2) is 11.0. The summed E-state index contributed by atoms with van der Waals surface area (Å²) in [5, 5.41) is 20.5. The third-order valence-corrected chi connectivity index (χ3v) is 6.39. The van der Waals surface area contributed by atoms with Crippen molar-refractivity contribution in [3.05, 3.63) is 24.4 Å². The number of fused-ring (bicyclic) bond motifs is 1. The molecule has 2 amide bonds. The van der Waals surface area contributed by atoms with Crippen molar-refractivity contribution in [2.75, 3.05) is 38.6 Å². The van der Waals surface area contributed by atoms with Gasteiger partial charge in [0.05, 0.1) is 31.4 Å². The highest BCUT2D eigenvalue weighted by Gasteiger charge is 2.33. The number of ether oxygens (including phenoxy) is 1. The Bertz CT molecular complexity index is 1160.